The lowest BCUT2D eigenvalue weighted by molar-refractivity contribution is 0.0796. The van der Waals surface area contributed by atoms with E-state index in [0.29, 0.717) is 22.6 Å². The maximum Gasteiger partial charge on any atom is 0.171 e. The van der Waals surface area contributed by atoms with Gasteiger partial charge in [0.25, 0.3) is 0 Å². The highest BCUT2D eigenvalue weighted by atomic mass is 28.3. The van der Waals surface area contributed by atoms with Gasteiger partial charge in [-0.1, -0.05) is 26.8 Å². The molecule has 0 aliphatic carbocycles. The van der Waals surface area contributed by atoms with Crippen LogP contribution in [-0.4, -0.2) is 18.4 Å². The number of hydrogen-bond acceptors (Lipinski definition) is 2. The van der Waals surface area contributed by atoms with Gasteiger partial charge in [-0.05, 0) is 61.0 Å². The van der Waals surface area contributed by atoms with E-state index >= 15 is 4.39 Å². The quantitative estimate of drug-likeness (QED) is 0.218. The molecule has 4 rings (SSSR count). The molecule has 2 heterocycles. The third kappa shape index (κ3) is 4.52. The summed E-state index contributed by atoms with van der Waals surface area (Å²) in [7, 11) is -1.61. The molecule has 1 atom stereocenters. The second-order valence-corrected chi connectivity index (χ2v) is 12.0. The molecule has 0 spiro atoms. The highest BCUT2D eigenvalue weighted by Crippen LogP contribution is 2.41. The van der Waals surface area contributed by atoms with E-state index in [0.717, 1.165) is 12.1 Å². The molecule has 3 nitrogen and oxygen atoms in total. The molecule has 0 aliphatic rings. The van der Waals surface area contributed by atoms with E-state index in [-0.39, 0.29) is 11.1 Å². The van der Waals surface area contributed by atoms with Crippen molar-refractivity contribution < 1.29 is 22.0 Å². The lowest BCUT2D eigenvalue weighted by Gasteiger charge is -2.33. The fraction of sp³-hybridized carbons (Fsp3) is 0.269. The number of pyridine rings is 1. The van der Waals surface area contributed by atoms with Crippen LogP contribution in [0.25, 0.3) is 28.2 Å². The molecule has 34 heavy (non-hydrogen) atoms. The van der Waals surface area contributed by atoms with Crippen molar-refractivity contribution in [2.45, 2.75) is 40.0 Å². The Kier molecular flexibility index (Phi) is 6.39. The van der Waals surface area contributed by atoms with Gasteiger partial charge in [0.15, 0.2) is 20.7 Å². The number of halogens is 4. The molecule has 4 aromatic rings. The molecule has 8 heteroatoms. The van der Waals surface area contributed by atoms with Gasteiger partial charge in [0.1, 0.15) is 17.3 Å². The van der Waals surface area contributed by atoms with Crippen molar-refractivity contribution in [3.8, 4) is 22.5 Å². The van der Waals surface area contributed by atoms with E-state index in [1.807, 2.05) is 33.9 Å². The summed E-state index contributed by atoms with van der Waals surface area (Å²) in [5.74, 6) is -3.28. The summed E-state index contributed by atoms with van der Waals surface area (Å²) in [6, 6.07) is 11.3. The molecular formula is C26H26F4N2OSi. The average molecular weight is 487 g/mol. The van der Waals surface area contributed by atoms with Crippen LogP contribution in [0.3, 0.4) is 0 Å². The fourth-order valence-corrected chi connectivity index (χ4v) is 5.10. The van der Waals surface area contributed by atoms with Crippen LogP contribution in [0.2, 0.25) is 13.1 Å². The maximum absolute atomic E-state index is 16.0. The second kappa shape index (κ2) is 9.00. The number of aromatic nitrogens is 2. The van der Waals surface area contributed by atoms with Crippen LogP contribution < -0.4 is 0 Å². The zero-order valence-electron chi connectivity index (χ0n) is 19.7. The van der Waals surface area contributed by atoms with Crippen molar-refractivity contribution in [3.63, 3.8) is 0 Å². The summed E-state index contributed by atoms with van der Waals surface area (Å²) in [6.45, 7) is 9.61. The number of imidazole rings is 1. The number of nitrogens with zero attached hydrogens (tertiary/aromatic N) is 2. The van der Waals surface area contributed by atoms with Crippen LogP contribution in [0.4, 0.5) is 17.6 Å². The molecule has 178 valence electrons. The zero-order chi connectivity index (χ0) is 24.8. The van der Waals surface area contributed by atoms with Crippen LogP contribution >= 0.6 is 0 Å². The Morgan fingerprint density at radius 1 is 0.912 bits per heavy atom. The first kappa shape index (κ1) is 24.2. The third-order valence-corrected chi connectivity index (χ3v) is 6.38. The second-order valence-electron chi connectivity index (χ2n) is 9.65. The Labute approximate surface area is 197 Å². The number of benzene rings is 2. The van der Waals surface area contributed by atoms with Crippen LogP contribution in [-0.2, 0) is 4.43 Å². The Balaban J connectivity index is 1.89. The van der Waals surface area contributed by atoms with E-state index in [9.17, 15) is 13.2 Å². The molecule has 0 aliphatic heterocycles. The number of hydrogen-bond donors (Lipinski definition) is 0. The van der Waals surface area contributed by atoms with Crippen LogP contribution in [0.1, 0.15) is 32.4 Å². The summed E-state index contributed by atoms with van der Waals surface area (Å²) in [4.78, 5) is 4.48. The third-order valence-electron chi connectivity index (χ3n) is 5.57. The first-order chi connectivity index (χ1) is 16.0. The van der Waals surface area contributed by atoms with E-state index in [1.165, 1.54) is 18.2 Å². The van der Waals surface area contributed by atoms with Crippen LogP contribution in [0.15, 0.2) is 54.7 Å². The maximum atomic E-state index is 16.0. The summed E-state index contributed by atoms with van der Waals surface area (Å²) in [6.07, 6.45) is 0.873. The average Bonchev–Trinajstić information content (AvgIpc) is 3.19. The van der Waals surface area contributed by atoms with Crippen LogP contribution in [0, 0.1) is 28.7 Å². The highest BCUT2D eigenvalue weighted by molar-refractivity contribution is 6.48. The lowest BCUT2D eigenvalue weighted by Crippen LogP contribution is -2.28. The lowest BCUT2D eigenvalue weighted by atomic mass is 9.83. The first-order valence-electron chi connectivity index (χ1n) is 11.0. The van der Waals surface area contributed by atoms with Crippen molar-refractivity contribution in [2.24, 2.45) is 5.41 Å². The molecule has 0 saturated heterocycles. The predicted molar refractivity (Wildman–Crippen MR) is 128 cm³/mol. The Morgan fingerprint density at radius 2 is 1.62 bits per heavy atom. The summed E-state index contributed by atoms with van der Waals surface area (Å²) < 4.78 is 65.8. The Hall–Kier alpha value is -2.97. The van der Waals surface area contributed by atoms with E-state index < -0.39 is 43.8 Å². The van der Waals surface area contributed by atoms with Gasteiger partial charge < -0.3 is 4.43 Å². The van der Waals surface area contributed by atoms with Crippen molar-refractivity contribution in [1.29, 1.82) is 0 Å². The molecular weight excluding hydrogens is 460 g/mol. The van der Waals surface area contributed by atoms with Gasteiger partial charge in [-0.25, -0.2) is 22.5 Å². The topological polar surface area (TPSA) is 26.5 Å². The van der Waals surface area contributed by atoms with Gasteiger partial charge in [-0.15, -0.1) is 0 Å². The Bertz CT molecular complexity index is 1360. The normalized spacial score (nSPS) is 13.1. The predicted octanol–water partition coefficient (Wildman–Crippen LogP) is 7.31. The molecule has 0 saturated carbocycles. The first-order valence-corrected chi connectivity index (χ1v) is 13.8. The minimum Gasteiger partial charge on any atom is -0.413 e. The van der Waals surface area contributed by atoms with Crippen molar-refractivity contribution in [2.75, 3.05) is 0 Å². The van der Waals surface area contributed by atoms with Gasteiger partial charge in [0.2, 0.25) is 0 Å². The zero-order valence-corrected chi connectivity index (χ0v) is 20.8. The number of rotatable bonds is 5. The highest BCUT2D eigenvalue weighted by Gasteiger charge is 2.34. The Morgan fingerprint density at radius 3 is 2.26 bits per heavy atom. The van der Waals surface area contributed by atoms with Crippen LogP contribution in [0.5, 0.6) is 0 Å². The molecule has 1 unspecified atom stereocenters. The van der Waals surface area contributed by atoms with Crippen molar-refractivity contribution >= 4 is 14.7 Å². The minimum atomic E-state index is -1.61. The van der Waals surface area contributed by atoms with E-state index in [1.54, 1.807) is 28.8 Å². The summed E-state index contributed by atoms with van der Waals surface area (Å²) in [5, 5.41) is 0. The summed E-state index contributed by atoms with van der Waals surface area (Å²) in [5.41, 5.74) is 1.29. The van der Waals surface area contributed by atoms with Gasteiger partial charge >= 0.3 is 0 Å². The van der Waals surface area contributed by atoms with E-state index in [2.05, 4.69) is 4.98 Å². The summed E-state index contributed by atoms with van der Waals surface area (Å²) >= 11 is 0. The number of fused-ring (bicyclic) bond motifs is 1. The SMILES string of the molecule is C[SiH](C)OC(c1c(F)ccc(-c2cccc3nc(-c4ccc(F)c(F)c4)cn23)c1F)C(C)(C)C. The fourth-order valence-electron chi connectivity index (χ4n) is 4.01. The monoisotopic (exact) mass is 486 g/mol. The van der Waals surface area contributed by atoms with Gasteiger partial charge in [-0.3, -0.25) is 4.40 Å². The van der Waals surface area contributed by atoms with Gasteiger partial charge in [0.05, 0.1) is 23.1 Å². The van der Waals surface area contributed by atoms with Gasteiger partial charge in [-0.2, -0.15) is 0 Å². The van der Waals surface area contributed by atoms with Crippen molar-refractivity contribution in [3.05, 3.63) is 83.6 Å². The van der Waals surface area contributed by atoms with E-state index in [4.69, 9.17) is 4.43 Å². The minimum absolute atomic E-state index is 0.0934. The standard InChI is InChI=1S/C26H26F4N2OSi/c1-26(2,3)25(33-34(4)5)23-18(28)12-10-16(24(23)30)21-7-6-8-22-31-20(14-32(21)22)15-9-11-17(27)19(29)13-15/h6-14,25,34H,1-5H3. The van der Waals surface area contributed by atoms with Gasteiger partial charge in [0, 0.05) is 17.3 Å². The molecule has 0 amide bonds. The molecule has 0 fully saturated rings. The largest absolute Gasteiger partial charge is 0.413 e. The molecule has 0 N–H and O–H groups in total. The smallest absolute Gasteiger partial charge is 0.171 e. The molecule has 0 radical (unpaired) electrons. The molecule has 0 bridgehead atoms. The molecule has 2 aromatic carbocycles. The molecule has 2 aromatic heterocycles. The van der Waals surface area contributed by atoms with Crippen molar-refractivity contribution in [1.82, 2.24) is 9.38 Å².